The first kappa shape index (κ1) is 11.1. The quantitative estimate of drug-likeness (QED) is 0.862. The van der Waals surface area contributed by atoms with E-state index in [4.69, 9.17) is 9.84 Å². The zero-order chi connectivity index (χ0) is 12.3. The van der Waals surface area contributed by atoms with Crippen LogP contribution in [0.3, 0.4) is 0 Å². The molecule has 0 saturated carbocycles. The van der Waals surface area contributed by atoms with E-state index in [1.807, 2.05) is 6.92 Å². The Morgan fingerprint density at radius 2 is 2.12 bits per heavy atom. The van der Waals surface area contributed by atoms with Gasteiger partial charge in [-0.2, -0.15) is 0 Å². The number of carboxylic acids is 1. The molecule has 2 rings (SSSR count). The molecule has 0 aliphatic carbocycles. The van der Waals surface area contributed by atoms with Crippen molar-refractivity contribution >= 4 is 5.97 Å². The number of aromatic nitrogens is 3. The average molecular weight is 233 g/mol. The summed E-state index contributed by atoms with van der Waals surface area (Å²) >= 11 is 0. The van der Waals surface area contributed by atoms with E-state index in [0.29, 0.717) is 12.3 Å². The van der Waals surface area contributed by atoms with Gasteiger partial charge in [0.1, 0.15) is 5.75 Å². The molecule has 1 heterocycles. The van der Waals surface area contributed by atoms with Crippen LogP contribution in [-0.2, 0) is 0 Å². The third-order valence-corrected chi connectivity index (χ3v) is 2.16. The number of aromatic carboxylic acids is 1. The molecule has 1 aromatic carbocycles. The lowest BCUT2D eigenvalue weighted by atomic mass is 10.3. The van der Waals surface area contributed by atoms with Crippen molar-refractivity contribution in [3.63, 3.8) is 0 Å². The topological polar surface area (TPSA) is 77.2 Å². The van der Waals surface area contributed by atoms with Crippen LogP contribution in [0.2, 0.25) is 0 Å². The summed E-state index contributed by atoms with van der Waals surface area (Å²) in [6, 6.07) is 6.97. The van der Waals surface area contributed by atoms with Crippen LogP contribution >= 0.6 is 0 Å². The highest BCUT2D eigenvalue weighted by Crippen LogP contribution is 2.15. The van der Waals surface area contributed by atoms with Gasteiger partial charge in [-0.15, -0.1) is 5.10 Å². The van der Waals surface area contributed by atoms with Crippen molar-refractivity contribution in [2.75, 3.05) is 6.61 Å². The third-order valence-electron chi connectivity index (χ3n) is 2.16. The predicted octanol–water partition coefficient (Wildman–Crippen LogP) is 1.36. The van der Waals surface area contributed by atoms with Gasteiger partial charge >= 0.3 is 5.97 Å². The smallest absolute Gasteiger partial charge is 0.356 e. The van der Waals surface area contributed by atoms with E-state index in [0.717, 1.165) is 5.75 Å². The molecule has 2 aromatic rings. The first-order chi connectivity index (χ1) is 8.22. The minimum Gasteiger partial charge on any atom is -0.494 e. The average Bonchev–Trinajstić information content (AvgIpc) is 2.79. The van der Waals surface area contributed by atoms with Crippen molar-refractivity contribution in [2.45, 2.75) is 6.92 Å². The summed E-state index contributed by atoms with van der Waals surface area (Å²) in [6.45, 7) is 2.48. The number of carbonyl (C=O) groups is 1. The second-order valence-electron chi connectivity index (χ2n) is 3.26. The van der Waals surface area contributed by atoms with Gasteiger partial charge in [-0.1, -0.05) is 5.21 Å². The molecule has 0 aliphatic heterocycles. The molecule has 0 unspecified atom stereocenters. The summed E-state index contributed by atoms with van der Waals surface area (Å²) in [4.78, 5) is 10.9. The SMILES string of the molecule is CCOc1ccc(-n2nncc2C(=O)O)cc1. The number of carboxylic acid groups (broad SMARTS) is 1. The molecule has 0 saturated heterocycles. The minimum absolute atomic E-state index is 0.0224. The maximum atomic E-state index is 10.9. The van der Waals surface area contributed by atoms with Gasteiger partial charge in [0.25, 0.3) is 0 Å². The number of ether oxygens (including phenoxy) is 1. The van der Waals surface area contributed by atoms with Gasteiger partial charge in [-0.25, -0.2) is 9.48 Å². The molecule has 0 spiro atoms. The molecule has 88 valence electrons. The van der Waals surface area contributed by atoms with Gasteiger partial charge in [0, 0.05) is 0 Å². The predicted molar refractivity (Wildman–Crippen MR) is 59.5 cm³/mol. The van der Waals surface area contributed by atoms with Crippen LogP contribution in [-0.4, -0.2) is 32.7 Å². The molecule has 0 radical (unpaired) electrons. The standard InChI is InChI=1S/C11H11N3O3/c1-2-17-9-5-3-8(4-6-9)14-10(11(15)16)7-12-13-14/h3-7H,2H2,1H3,(H,15,16). The number of hydrogen-bond donors (Lipinski definition) is 1. The zero-order valence-electron chi connectivity index (χ0n) is 9.20. The van der Waals surface area contributed by atoms with Crippen molar-refractivity contribution in [3.8, 4) is 11.4 Å². The number of nitrogens with zero attached hydrogens (tertiary/aromatic N) is 3. The highest BCUT2D eigenvalue weighted by Gasteiger charge is 2.12. The first-order valence-corrected chi connectivity index (χ1v) is 5.09. The van der Waals surface area contributed by atoms with Gasteiger partial charge in [0.2, 0.25) is 0 Å². The van der Waals surface area contributed by atoms with Gasteiger partial charge in [-0.05, 0) is 31.2 Å². The van der Waals surface area contributed by atoms with Crippen LogP contribution in [0, 0.1) is 0 Å². The Hall–Kier alpha value is -2.37. The Labute approximate surface area is 97.4 Å². The fraction of sp³-hybridized carbons (Fsp3) is 0.182. The van der Waals surface area contributed by atoms with Crippen molar-refractivity contribution in [2.24, 2.45) is 0 Å². The monoisotopic (exact) mass is 233 g/mol. The van der Waals surface area contributed by atoms with E-state index in [1.165, 1.54) is 10.9 Å². The maximum absolute atomic E-state index is 10.9. The summed E-state index contributed by atoms with van der Waals surface area (Å²) in [5, 5.41) is 16.2. The van der Waals surface area contributed by atoms with E-state index in [1.54, 1.807) is 24.3 Å². The molecule has 0 aliphatic rings. The molecule has 0 bridgehead atoms. The molecular weight excluding hydrogens is 222 g/mol. The number of rotatable bonds is 4. The van der Waals surface area contributed by atoms with Crippen molar-refractivity contribution in [3.05, 3.63) is 36.2 Å². The number of benzene rings is 1. The summed E-state index contributed by atoms with van der Waals surface area (Å²) in [5.74, 6) is -0.336. The van der Waals surface area contributed by atoms with Crippen LogP contribution in [0.5, 0.6) is 5.75 Å². The molecule has 17 heavy (non-hydrogen) atoms. The summed E-state index contributed by atoms with van der Waals surface area (Å²) in [5.41, 5.74) is 0.650. The van der Waals surface area contributed by atoms with E-state index in [2.05, 4.69) is 10.3 Å². The van der Waals surface area contributed by atoms with Gasteiger partial charge < -0.3 is 9.84 Å². The van der Waals surface area contributed by atoms with Crippen LogP contribution in [0.4, 0.5) is 0 Å². The fourth-order valence-corrected chi connectivity index (χ4v) is 1.42. The largest absolute Gasteiger partial charge is 0.494 e. The van der Waals surface area contributed by atoms with Crippen LogP contribution in [0.1, 0.15) is 17.4 Å². The maximum Gasteiger partial charge on any atom is 0.356 e. The highest BCUT2D eigenvalue weighted by molar-refractivity contribution is 5.85. The second kappa shape index (κ2) is 4.65. The molecular formula is C11H11N3O3. The van der Waals surface area contributed by atoms with Crippen LogP contribution in [0.15, 0.2) is 30.5 Å². The molecule has 0 atom stereocenters. The van der Waals surface area contributed by atoms with Gasteiger partial charge in [-0.3, -0.25) is 0 Å². The van der Waals surface area contributed by atoms with Gasteiger partial charge in [0.15, 0.2) is 5.69 Å². The molecule has 6 nitrogen and oxygen atoms in total. The lowest BCUT2D eigenvalue weighted by molar-refractivity contribution is 0.0687. The summed E-state index contributed by atoms with van der Waals surface area (Å²) in [6.07, 6.45) is 1.21. The van der Waals surface area contributed by atoms with Crippen LogP contribution < -0.4 is 4.74 Å². The molecule has 0 amide bonds. The minimum atomic E-state index is -1.07. The fourth-order valence-electron chi connectivity index (χ4n) is 1.42. The summed E-state index contributed by atoms with van der Waals surface area (Å²) in [7, 11) is 0. The molecule has 6 heteroatoms. The zero-order valence-corrected chi connectivity index (χ0v) is 9.20. The van der Waals surface area contributed by atoms with E-state index in [9.17, 15) is 4.79 Å². The highest BCUT2D eigenvalue weighted by atomic mass is 16.5. The Balaban J connectivity index is 2.33. The third kappa shape index (κ3) is 2.25. The molecule has 0 fully saturated rings. The molecule has 1 N–H and O–H groups in total. The lowest BCUT2D eigenvalue weighted by Gasteiger charge is -2.05. The Morgan fingerprint density at radius 3 is 2.71 bits per heavy atom. The summed E-state index contributed by atoms with van der Waals surface area (Å²) < 4.78 is 6.56. The van der Waals surface area contributed by atoms with Crippen molar-refractivity contribution < 1.29 is 14.6 Å². The Bertz CT molecular complexity index is 519. The lowest BCUT2D eigenvalue weighted by Crippen LogP contribution is -2.07. The Kier molecular flexibility index (Phi) is 3.04. The van der Waals surface area contributed by atoms with E-state index >= 15 is 0 Å². The molecule has 1 aromatic heterocycles. The Morgan fingerprint density at radius 1 is 1.41 bits per heavy atom. The van der Waals surface area contributed by atoms with Gasteiger partial charge in [0.05, 0.1) is 18.5 Å². The van der Waals surface area contributed by atoms with E-state index in [-0.39, 0.29) is 5.69 Å². The second-order valence-corrected chi connectivity index (χ2v) is 3.26. The first-order valence-electron chi connectivity index (χ1n) is 5.09. The van der Waals surface area contributed by atoms with Crippen LogP contribution in [0.25, 0.3) is 5.69 Å². The number of hydrogen-bond acceptors (Lipinski definition) is 4. The van der Waals surface area contributed by atoms with E-state index < -0.39 is 5.97 Å². The normalized spacial score (nSPS) is 10.2. The van der Waals surface area contributed by atoms with Crippen molar-refractivity contribution in [1.29, 1.82) is 0 Å². The van der Waals surface area contributed by atoms with Crippen molar-refractivity contribution in [1.82, 2.24) is 15.0 Å².